The van der Waals surface area contributed by atoms with Gasteiger partial charge in [0, 0.05) is 9.79 Å². The lowest BCUT2D eigenvalue weighted by molar-refractivity contribution is 0.282. The molecule has 0 aromatic heterocycles. The minimum atomic E-state index is -0.505. The van der Waals surface area contributed by atoms with Crippen molar-refractivity contribution in [2.24, 2.45) is 0 Å². The third-order valence-corrected chi connectivity index (χ3v) is 3.49. The van der Waals surface area contributed by atoms with Crippen LogP contribution in [0.1, 0.15) is 11.1 Å². The predicted molar refractivity (Wildman–Crippen MR) is 67.6 cm³/mol. The number of aliphatic hydroxyl groups is 1. The van der Waals surface area contributed by atoms with Crippen LogP contribution in [0.5, 0.6) is 0 Å². The summed E-state index contributed by atoms with van der Waals surface area (Å²) in [6, 6.07) is 13.7. The fourth-order valence-electron chi connectivity index (χ4n) is 1.49. The van der Waals surface area contributed by atoms with Crippen LogP contribution in [-0.2, 0) is 6.61 Å². The Hall–Kier alpha value is -1.83. The van der Waals surface area contributed by atoms with Gasteiger partial charge < -0.3 is 5.11 Å². The SMILES string of the molecule is N#Cc1c(F)cccc1Sc1ccc(CO)cc1. The minimum Gasteiger partial charge on any atom is -0.392 e. The van der Waals surface area contributed by atoms with Crippen LogP contribution in [0.15, 0.2) is 52.3 Å². The van der Waals surface area contributed by atoms with Gasteiger partial charge in [0.1, 0.15) is 17.4 Å². The molecule has 0 aliphatic heterocycles. The molecule has 2 nitrogen and oxygen atoms in total. The smallest absolute Gasteiger partial charge is 0.142 e. The van der Waals surface area contributed by atoms with E-state index in [1.165, 1.54) is 17.8 Å². The molecule has 0 aliphatic rings. The van der Waals surface area contributed by atoms with Crippen LogP contribution in [-0.4, -0.2) is 5.11 Å². The lowest BCUT2D eigenvalue weighted by Crippen LogP contribution is -1.87. The molecule has 0 spiro atoms. The van der Waals surface area contributed by atoms with Gasteiger partial charge in [-0.2, -0.15) is 5.26 Å². The van der Waals surface area contributed by atoms with Gasteiger partial charge in [-0.15, -0.1) is 0 Å². The molecule has 0 heterocycles. The molecule has 1 N–H and O–H groups in total. The highest BCUT2D eigenvalue weighted by Crippen LogP contribution is 2.31. The van der Waals surface area contributed by atoms with Crippen molar-refractivity contribution < 1.29 is 9.50 Å². The normalized spacial score (nSPS) is 10.1. The molecule has 0 bridgehead atoms. The highest BCUT2D eigenvalue weighted by molar-refractivity contribution is 7.99. The number of rotatable bonds is 3. The van der Waals surface area contributed by atoms with Crippen LogP contribution >= 0.6 is 11.8 Å². The van der Waals surface area contributed by atoms with Crippen LogP contribution in [0.4, 0.5) is 4.39 Å². The Morgan fingerprint density at radius 1 is 1.17 bits per heavy atom. The summed E-state index contributed by atoms with van der Waals surface area (Å²) in [6.45, 7) is -0.00560. The largest absolute Gasteiger partial charge is 0.392 e. The van der Waals surface area contributed by atoms with Crippen LogP contribution in [0.25, 0.3) is 0 Å². The number of nitrogens with zero attached hydrogens (tertiary/aromatic N) is 1. The Kier molecular flexibility index (Phi) is 3.98. The van der Waals surface area contributed by atoms with Gasteiger partial charge in [0.2, 0.25) is 0 Å². The Morgan fingerprint density at radius 3 is 2.50 bits per heavy atom. The lowest BCUT2D eigenvalue weighted by Gasteiger charge is -2.05. The van der Waals surface area contributed by atoms with Gasteiger partial charge >= 0.3 is 0 Å². The molecule has 0 fully saturated rings. The maximum absolute atomic E-state index is 13.4. The van der Waals surface area contributed by atoms with E-state index in [4.69, 9.17) is 10.4 Å². The van der Waals surface area contributed by atoms with Crippen molar-refractivity contribution in [1.29, 1.82) is 5.26 Å². The summed E-state index contributed by atoms with van der Waals surface area (Å²) in [6.07, 6.45) is 0. The Balaban J connectivity index is 2.28. The highest BCUT2D eigenvalue weighted by atomic mass is 32.2. The van der Waals surface area contributed by atoms with Gasteiger partial charge in [0.05, 0.1) is 6.61 Å². The van der Waals surface area contributed by atoms with E-state index in [1.54, 1.807) is 24.3 Å². The van der Waals surface area contributed by atoms with Crippen molar-refractivity contribution in [3.8, 4) is 6.07 Å². The summed E-state index contributed by atoms with van der Waals surface area (Å²) in [4.78, 5) is 1.49. The average molecular weight is 259 g/mol. The maximum Gasteiger partial charge on any atom is 0.142 e. The predicted octanol–water partition coefficient (Wildman–Crippen LogP) is 3.34. The Bertz CT molecular complexity index is 590. The zero-order valence-electron chi connectivity index (χ0n) is 9.43. The summed E-state index contributed by atoms with van der Waals surface area (Å²) >= 11 is 1.33. The van der Waals surface area contributed by atoms with Gasteiger partial charge in [0.25, 0.3) is 0 Å². The molecule has 0 amide bonds. The van der Waals surface area contributed by atoms with Crippen LogP contribution in [0, 0.1) is 17.1 Å². The summed E-state index contributed by atoms with van der Waals surface area (Å²) in [7, 11) is 0. The molecule has 0 radical (unpaired) electrons. The molecular weight excluding hydrogens is 249 g/mol. The zero-order valence-corrected chi connectivity index (χ0v) is 10.2. The highest BCUT2D eigenvalue weighted by Gasteiger charge is 2.08. The summed E-state index contributed by atoms with van der Waals surface area (Å²) < 4.78 is 13.4. The topological polar surface area (TPSA) is 44.0 Å². The van der Waals surface area contributed by atoms with E-state index in [-0.39, 0.29) is 12.2 Å². The van der Waals surface area contributed by atoms with Crippen molar-refractivity contribution in [2.45, 2.75) is 16.4 Å². The van der Waals surface area contributed by atoms with Crippen molar-refractivity contribution in [1.82, 2.24) is 0 Å². The standard InChI is InChI=1S/C14H10FNOS/c15-13-2-1-3-14(12(13)8-16)18-11-6-4-10(9-17)5-7-11/h1-7,17H,9H2. The second-order valence-electron chi connectivity index (χ2n) is 3.63. The number of aliphatic hydroxyl groups excluding tert-OH is 1. The van der Waals surface area contributed by atoms with Crippen LogP contribution < -0.4 is 0 Å². The van der Waals surface area contributed by atoms with Gasteiger partial charge in [-0.1, -0.05) is 30.0 Å². The summed E-state index contributed by atoms with van der Waals surface area (Å²) in [5, 5.41) is 17.9. The molecule has 2 aromatic carbocycles. The first-order chi connectivity index (χ1) is 8.74. The lowest BCUT2D eigenvalue weighted by atomic mass is 10.2. The molecule has 0 atom stereocenters. The van der Waals surface area contributed by atoms with Gasteiger partial charge in [-0.25, -0.2) is 4.39 Å². The van der Waals surface area contributed by atoms with Crippen molar-refractivity contribution in [3.05, 3.63) is 59.4 Å². The quantitative estimate of drug-likeness (QED) is 0.919. The molecule has 0 saturated heterocycles. The van der Waals surface area contributed by atoms with Crippen molar-refractivity contribution >= 4 is 11.8 Å². The second-order valence-corrected chi connectivity index (χ2v) is 4.74. The first-order valence-electron chi connectivity index (χ1n) is 5.31. The monoisotopic (exact) mass is 259 g/mol. The summed E-state index contributed by atoms with van der Waals surface area (Å²) in [5.74, 6) is -0.505. The second kappa shape index (κ2) is 5.67. The van der Waals surface area contributed by atoms with Gasteiger partial charge in [-0.05, 0) is 29.8 Å². The molecule has 0 aliphatic carbocycles. The Labute approximate surface area is 109 Å². The van der Waals surface area contributed by atoms with Crippen molar-refractivity contribution in [2.75, 3.05) is 0 Å². The fraction of sp³-hybridized carbons (Fsp3) is 0.0714. The molecule has 90 valence electrons. The first-order valence-corrected chi connectivity index (χ1v) is 6.12. The van der Waals surface area contributed by atoms with E-state index in [1.807, 2.05) is 18.2 Å². The molecule has 0 unspecified atom stereocenters. The Morgan fingerprint density at radius 2 is 1.89 bits per heavy atom. The third-order valence-electron chi connectivity index (χ3n) is 2.42. The van der Waals surface area contributed by atoms with E-state index in [2.05, 4.69) is 0 Å². The molecular formula is C14H10FNOS. The van der Waals surface area contributed by atoms with E-state index in [0.717, 1.165) is 10.5 Å². The van der Waals surface area contributed by atoms with E-state index in [9.17, 15) is 4.39 Å². The molecule has 2 aromatic rings. The molecule has 18 heavy (non-hydrogen) atoms. The third kappa shape index (κ3) is 2.70. The average Bonchev–Trinajstić information content (AvgIpc) is 2.40. The fourth-order valence-corrected chi connectivity index (χ4v) is 2.41. The molecule has 2 rings (SSSR count). The van der Waals surface area contributed by atoms with E-state index in [0.29, 0.717) is 4.90 Å². The molecule has 0 saturated carbocycles. The maximum atomic E-state index is 13.4. The number of benzene rings is 2. The number of halogens is 1. The number of nitriles is 1. The van der Waals surface area contributed by atoms with E-state index < -0.39 is 5.82 Å². The van der Waals surface area contributed by atoms with Gasteiger partial charge in [0.15, 0.2) is 0 Å². The summed E-state index contributed by atoms with van der Waals surface area (Å²) in [5.41, 5.74) is 0.882. The van der Waals surface area contributed by atoms with Gasteiger partial charge in [-0.3, -0.25) is 0 Å². The first kappa shape index (κ1) is 12.6. The van der Waals surface area contributed by atoms with E-state index >= 15 is 0 Å². The zero-order chi connectivity index (χ0) is 13.0. The van der Waals surface area contributed by atoms with Crippen molar-refractivity contribution in [3.63, 3.8) is 0 Å². The van der Waals surface area contributed by atoms with Crippen LogP contribution in [0.3, 0.4) is 0 Å². The molecule has 4 heteroatoms. The minimum absolute atomic E-state index is 0.00560. The number of hydrogen-bond acceptors (Lipinski definition) is 3. The number of hydrogen-bond donors (Lipinski definition) is 1. The van der Waals surface area contributed by atoms with Crippen LogP contribution in [0.2, 0.25) is 0 Å².